The van der Waals surface area contributed by atoms with Gasteiger partial charge in [-0.15, -0.1) is 0 Å². The first-order valence-corrected chi connectivity index (χ1v) is 11.3. The Labute approximate surface area is 180 Å². The Hall–Kier alpha value is -2.42. The summed E-state index contributed by atoms with van der Waals surface area (Å²) in [5.74, 6) is 0.461. The second kappa shape index (κ2) is 8.75. The number of ether oxygens (including phenoxy) is 1. The van der Waals surface area contributed by atoms with Crippen LogP contribution in [-0.2, 0) is 11.2 Å². The summed E-state index contributed by atoms with van der Waals surface area (Å²) in [6.45, 7) is 2.89. The van der Waals surface area contributed by atoms with Gasteiger partial charge in [0.1, 0.15) is 0 Å². The monoisotopic (exact) mass is 397 g/mol. The molecule has 2 heteroatoms. The first-order chi connectivity index (χ1) is 14.8. The summed E-state index contributed by atoms with van der Waals surface area (Å²) in [7, 11) is 0. The van der Waals surface area contributed by atoms with Crippen LogP contribution in [0.4, 0.5) is 0 Å². The first kappa shape index (κ1) is 19.5. The molecule has 1 aliphatic carbocycles. The van der Waals surface area contributed by atoms with Crippen LogP contribution in [0.3, 0.4) is 0 Å². The van der Waals surface area contributed by atoms with Crippen molar-refractivity contribution in [3.05, 3.63) is 96.1 Å². The quantitative estimate of drug-likeness (QED) is 0.541. The van der Waals surface area contributed by atoms with Gasteiger partial charge in [-0.2, -0.15) is 0 Å². The van der Waals surface area contributed by atoms with Crippen molar-refractivity contribution in [2.75, 3.05) is 19.7 Å². The molecule has 0 radical (unpaired) electrons. The van der Waals surface area contributed by atoms with Crippen molar-refractivity contribution >= 4 is 0 Å². The van der Waals surface area contributed by atoms with E-state index in [-0.39, 0.29) is 6.10 Å². The van der Waals surface area contributed by atoms with E-state index in [4.69, 9.17) is 4.74 Å². The molecule has 2 aliphatic rings. The van der Waals surface area contributed by atoms with Crippen molar-refractivity contribution < 1.29 is 4.74 Å². The third-order valence-electron chi connectivity index (χ3n) is 6.83. The van der Waals surface area contributed by atoms with Crippen LogP contribution < -0.4 is 5.32 Å². The Bertz CT molecular complexity index is 949. The molecule has 1 saturated carbocycles. The van der Waals surface area contributed by atoms with Gasteiger partial charge in [0.2, 0.25) is 0 Å². The number of piperidine rings is 1. The van der Waals surface area contributed by atoms with Gasteiger partial charge >= 0.3 is 0 Å². The Morgan fingerprint density at radius 2 is 1.57 bits per heavy atom. The molecule has 0 bridgehead atoms. The Morgan fingerprint density at radius 3 is 2.33 bits per heavy atom. The maximum absolute atomic E-state index is 6.63. The topological polar surface area (TPSA) is 21.3 Å². The first-order valence-electron chi connectivity index (χ1n) is 11.3. The molecular formula is C28H31NO. The highest BCUT2D eigenvalue weighted by molar-refractivity contribution is 5.64. The van der Waals surface area contributed by atoms with Crippen molar-refractivity contribution in [3.8, 4) is 11.1 Å². The van der Waals surface area contributed by atoms with E-state index in [0.29, 0.717) is 11.3 Å². The minimum absolute atomic E-state index is 0.248. The maximum Gasteiger partial charge on any atom is 0.0768 e. The fourth-order valence-electron chi connectivity index (χ4n) is 4.83. The fourth-order valence-corrected chi connectivity index (χ4v) is 4.83. The third kappa shape index (κ3) is 4.50. The number of hydrogen-bond donors (Lipinski definition) is 1. The smallest absolute Gasteiger partial charge is 0.0768 e. The third-order valence-corrected chi connectivity index (χ3v) is 6.83. The van der Waals surface area contributed by atoms with E-state index >= 15 is 0 Å². The van der Waals surface area contributed by atoms with Crippen molar-refractivity contribution in [3.63, 3.8) is 0 Å². The van der Waals surface area contributed by atoms with E-state index < -0.39 is 0 Å². The molecule has 1 heterocycles. The predicted octanol–water partition coefficient (Wildman–Crippen LogP) is 5.84. The van der Waals surface area contributed by atoms with Gasteiger partial charge in [-0.05, 0) is 59.9 Å². The molecule has 0 spiro atoms. The summed E-state index contributed by atoms with van der Waals surface area (Å²) >= 11 is 0. The molecule has 3 aromatic carbocycles. The summed E-state index contributed by atoms with van der Waals surface area (Å²) < 4.78 is 6.63. The summed E-state index contributed by atoms with van der Waals surface area (Å²) in [4.78, 5) is 0. The molecule has 3 aromatic rings. The molecule has 0 amide bonds. The van der Waals surface area contributed by atoms with Gasteiger partial charge in [-0.25, -0.2) is 0 Å². The zero-order chi connectivity index (χ0) is 20.2. The van der Waals surface area contributed by atoms with Crippen LogP contribution >= 0.6 is 0 Å². The van der Waals surface area contributed by atoms with E-state index in [1.807, 2.05) is 0 Å². The molecule has 5 rings (SSSR count). The highest BCUT2D eigenvalue weighted by Gasteiger charge is 2.44. The van der Waals surface area contributed by atoms with E-state index in [1.165, 1.54) is 35.1 Å². The normalized spacial score (nSPS) is 22.5. The second-order valence-electron chi connectivity index (χ2n) is 9.10. The fraction of sp³-hybridized carbons (Fsp3) is 0.357. The number of benzene rings is 3. The maximum atomic E-state index is 6.63. The molecule has 154 valence electrons. The zero-order valence-corrected chi connectivity index (χ0v) is 17.6. The van der Waals surface area contributed by atoms with Crippen LogP contribution in [0.25, 0.3) is 11.1 Å². The van der Waals surface area contributed by atoms with Gasteiger partial charge in [0.25, 0.3) is 0 Å². The van der Waals surface area contributed by atoms with Gasteiger partial charge < -0.3 is 10.1 Å². The number of rotatable bonds is 7. The molecule has 2 nitrogen and oxygen atoms in total. The van der Waals surface area contributed by atoms with E-state index in [1.54, 1.807) is 0 Å². The summed E-state index contributed by atoms with van der Waals surface area (Å²) in [6.07, 6.45) is 5.10. The average molecular weight is 398 g/mol. The molecule has 1 aliphatic heterocycles. The van der Waals surface area contributed by atoms with Crippen molar-refractivity contribution in [2.24, 2.45) is 5.41 Å². The Balaban J connectivity index is 1.29. The zero-order valence-electron chi connectivity index (χ0n) is 17.6. The van der Waals surface area contributed by atoms with E-state index in [0.717, 1.165) is 32.5 Å². The van der Waals surface area contributed by atoms with Crippen LogP contribution in [-0.4, -0.2) is 25.8 Å². The Morgan fingerprint density at radius 1 is 0.833 bits per heavy atom. The lowest BCUT2D eigenvalue weighted by molar-refractivity contribution is -0.00354. The standard InChI is InChI=1S/C28H31NO/c1-3-8-22(9-4-1)19-28(15-16-28)21-30-27-20-29-17-14-26(27)25-13-7-12-24(18-25)23-10-5-2-6-11-23/h1-13,18,26-27,29H,14-17,19-21H2/t26-,27+/m1/s1. The van der Waals surface area contributed by atoms with Gasteiger partial charge in [-0.3, -0.25) is 0 Å². The average Bonchev–Trinajstić information content (AvgIpc) is 3.59. The van der Waals surface area contributed by atoms with Crippen LogP contribution in [0.2, 0.25) is 0 Å². The van der Waals surface area contributed by atoms with E-state index in [9.17, 15) is 0 Å². The Kier molecular flexibility index (Phi) is 5.70. The van der Waals surface area contributed by atoms with Gasteiger partial charge in [-0.1, -0.05) is 84.9 Å². The van der Waals surface area contributed by atoms with Crippen LogP contribution in [0.15, 0.2) is 84.9 Å². The van der Waals surface area contributed by atoms with Crippen molar-refractivity contribution in [2.45, 2.75) is 37.7 Å². The van der Waals surface area contributed by atoms with Crippen molar-refractivity contribution in [1.29, 1.82) is 0 Å². The molecule has 1 saturated heterocycles. The molecule has 1 N–H and O–H groups in total. The summed E-state index contributed by atoms with van der Waals surface area (Å²) in [5, 5.41) is 3.56. The lowest BCUT2D eigenvalue weighted by Crippen LogP contribution is -2.42. The van der Waals surface area contributed by atoms with Crippen molar-refractivity contribution in [1.82, 2.24) is 5.32 Å². The van der Waals surface area contributed by atoms with Gasteiger partial charge in [0, 0.05) is 12.5 Å². The molecule has 2 fully saturated rings. The van der Waals surface area contributed by atoms with Gasteiger partial charge in [0.05, 0.1) is 12.7 Å². The SMILES string of the molecule is c1ccc(CC2(CO[C@H]3CNCC[C@@H]3c3cccc(-c4ccccc4)c3)CC2)cc1. The van der Waals surface area contributed by atoms with Crippen LogP contribution in [0, 0.1) is 5.41 Å². The minimum atomic E-state index is 0.248. The highest BCUT2D eigenvalue weighted by Crippen LogP contribution is 2.49. The second-order valence-corrected chi connectivity index (χ2v) is 9.10. The predicted molar refractivity (Wildman–Crippen MR) is 124 cm³/mol. The van der Waals surface area contributed by atoms with Crippen LogP contribution in [0.1, 0.15) is 36.3 Å². The lowest BCUT2D eigenvalue weighted by Gasteiger charge is -2.34. The molecule has 30 heavy (non-hydrogen) atoms. The number of nitrogens with one attached hydrogen (secondary N) is 1. The molecule has 2 atom stereocenters. The number of hydrogen-bond acceptors (Lipinski definition) is 2. The molecule has 0 unspecified atom stereocenters. The van der Waals surface area contributed by atoms with Crippen LogP contribution in [0.5, 0.6) is 0 Å². The minimum Gasteiger partial charge on any atom is -0.376 e. The van der Waals surface area contributed by atoms with Gasteiger partial charge in [0.15, 0.2) is 0 Å². The largest absolute Gasteiger partial charge is 0.376 e. The molecular weight excluding hydrogens is 366 g/mol. The lowest BCUT2D eigenvalue weighted by atomic mass is 9.86. The highest BCUT2D eigenvalue weighted by atomic mass is 16.5. The molecule has 0 aromatic heterocycles. The van der Waals surface area contributed by atoms with E-state index in [2.05, 4.69) is 90.2 Å². The summed E-state index contributed by atoms with van der Waals surface area (Å²) in [5.41, 5.74) is 5.79. The summed E-state index contributed by atoms with van der Waals surface area (Å²) in [6, 6.07) is 30.7.